The van der Waals surface area contributed by atoms with Crippen molar-refractivity contribution >= 4 is 45.6 Å². The second-order valence-corrected chi connectivity index (χ2v) is 9.50. The molecular weight excluding hydrogens is 453 g/mol. The first-order valence-corrected chi connectivity index (χ1v) is 12.1. The number of piperidine rings is 1. The molecule has 0 unspecified atom stereocenters. The summed E-state index contributed by atoms with van der Waals surface area (Å²) in [7, 11) is 0. The van der Waals surface area contributed by atoms with Gasteiger partial charge in [-0.2, -0.15) is 0 Å². The number of aryl methyl sites for hydroxylation is 1. The Bertz CT molecular complexity index is 1340. The standard InChI is InChI=1S/C25H24FN5O2S/c1-2-22-28-19-7-5-14(11-21-24(32)30-25(33)34-21)10-17(19)23(29-22)15-6-8-20(18(26)12-15)31-9-3-4-16(27)13-31/h5-8,10-12,16H,2-4,9,13,27H2,1H3,(H,30,32,33)/b21-11-/t16-/m1/s1. The monoisotopic (exact) mass is 477 g/mol. The molecule has 2 aromatic carbocycles. The Balaban J connectivity index is 1.58. The number of anilines is 1. The molecule has 3 N–H and O–H groups in total. The van der Waals surface area contributed by atoms with E-state index in [9.17, 15) is 9.59 Å². The lowest BCUT2D eigenvalue weighted by Gasteiger charge is -2.32. The summed E-state index contributed by atoms with van der Waals surface area (Å²) in [5.74, 6) is -0.0633. The third-order valence-electron chi connectivity index (χ3n) is 6.04. The lowest BCUT2D eigenvalue weighted by molar-refractivity contribution is -0.115. The summed E-state index contributed by atoms with van der Waals surface area (Å²) in [5, 5.41) is 2.61. The van der Waals surface area contributed by atoms with Gasteiger partial charge in [0.05, 0.1) is 21.8 Å². The second kappa shape index (κ2) is 9.15. The van der Waals surface area contributed by atoms with Gasteiger partial charge in [-0.25, -0.2) is 14.4 Å². The number of carbonyl (C=O) groups is 2. The zero-order valence-corrected chi connectivity index (χ0v) is 19.5. The Morgan fingerprint density at radius 1 is 1.24 bits per heavy atom. The van der Waals surface area contributed by atoms with Crippen molar-refractivity contribution in [2.24, 2.45) is 5.73 Å². The normalized spacial score (nSPS) is 19.8. The van der Waals surface area contributed by atoms with Crippen molar-refractivity contribution in [3.63, 3.8) is 0 Å². The van der Waals surface area contributed by atoms with Gasteiger partial charge in [0.15, 0.2) is 0 Å². The van der Waals surface area contributed by atoms with Crippen LogP contribution in [0.4, 0.5) is 14.9 Å². The fourth-order valence-electron chi connectivity index (χ4n) is 4.37. The van der Waals surface area contributed by atoms with E-state index in [4.69, 9.17) is 10.7 Å². The van der Waals surface area contributed by atoms with E-state index in [1.807, 2.05) is 36.1 Å². The van der Waals surface area contributed by atoms with E-state index in [0.717, 1.165) is 47.6 Å². The molecule has 2 aliphatic heterocycles. The molecule has 174 valence electrons. The van der Waals surface area contributed by atoms with E-state index < -0.39 is 5.91 Å². The van der Waals surface area contributed by atoms with Gasteiger partial charge in [-0.15, -0.1) is 0 Å². The van der Waals surface area contributed by atoms with E-state index in [1.54, 1.807) is 12.1 Å². The predicted molar refractivity (Wildman–Crippen MR) is 133 cm³/mol. The maximum absolute atomic E-state index is 15.2. The van der Waals surface area contributed by atoms with Crippen LogP contribution < -0.4 is 16.0 Å². The Hall–Kier alpha value is -3.30. The van der Waals surface area contributed by atoms with Crippen LogP contribution in [-0.2, 0) is 11.2 Å². The number of amides is 2. The summed E-state index contributed by atoms with van der Waals surface area (Å²) < 4.78 is 15.2. The van der Waals surface area contributed by atoms with Crippen LogP contribution in [0.25, 0.3) is 28.2 Å². The molecule has 0 aliphatic carbocycles. The van der Waals surface area contributed by atoms with Gasteiger partial charge in [-0.05, 0) is 60.5 Å². The number of fused-ring (bicyclic) bond motifs is 1. The van der Waals surface area contributed by atoms with Gasteiger partial charge in [0.2, 0.25) is 0 Å². The van der Waals surface area contributed by atoms with Crippen LogP contribution in [0.2, 0.25) is 0 Å². The smallest absolute Gasteiger partial charge is 0.290 e. The maximum atomic E-state index is 15.2. The van der Waals surface area contributed by atoms with Crippen molar-refractivity contribution in [1.29, 1.82) is 0 Å². The molecule has 7 nitrogen and oxygen atoms in total. The van der Waals surface area contributed by atoms with Crippen molar-refractivity contribution in [1.82, 2.24) is 15.3 Å². The van der Waals surface area contributed by atoms with Crippen LogP contribution >= 0.6 is 11.8 Å². The highest BCUT2D eigenvalue weighted by atomic mass is 32.2. The number of nitrogens with zero attached hydrogens (tertiary/aromatic N) is 3. The molecule has 2 saturated heterocycles. The number of hydrogen-bond acceptors (Lipinski definition) is 7. The SMILES string of the molecule is CCc1nc(-c2ccc(N3CCC[C@@H](N)C3)c(F)c2)c2cc(/C=C3\SC(=O)NC3=O)ccc2n1. The molecule has 1 atom stereocenters. The summed E-state index contributed by atoms with van der Waals surface area (Å²) >= 11 is 0.865. The average molecular weight is 478 g/mol. The summed E-state index contributed by atoms with van der Waals surface area (Å²) in [5.41, 5.74) is 9.37. The molecule has 0 saturated carbocycles. The Labute approximate surface area is 200 Å². The summed E-state index contributed by atoms with van der Waals surface area (Å²) in [6.45, 7) is 3.39. The van der Waals surface area contributed by atoms with Crippen molar-refractivity contribution in [2.45, 2.75) is 32.2 Å². The zero-order valence-electron chi connectivity index (χ0n) is 18.7. The fourth-order valence-corrected chi connectivity index (χ4v) is 5.06. The molecule has 3 heterocycles. The van der Waals surface area contributed by atoms with E-state index in [1.165, 1.54) is 6.07 Å². The fraction of sp³-hybridized carbons (Fsp3) is 0.280. The number of nitrogens with two attached hydrogens (primary N) is 1. The van der Waals surface area contributed by atoms with E-state index in [0.29, 0.717) is 40.6 Å². The molecule has 2 amide bonds. The van der Waals surface area contributed by atoms with Gasteiger partial charge < -0.3 is 10.6 Å². The first-order chi connectivity index (χ1) is 16.4. The Kier molecular flexibility index (Phi) is 6.05. The van der Waals surface area contributed by atoms with Crippen molar-refractivity contribution in [3.8, 4) is 11.3 Å². The Morgan fingerprint density at radius 2 is 2.09 bits per heavy atom. The molecule has 9 heteroatoms. The number of nitrogens with one attached hydrogen (secondary N) is 1. The highest BCUT2D eigenvalue weighted by Gasteiger charge is 2.25. The minimum atomic E-state index is -0.414. The average Bonchev–Trinajstić information content (AvgIpc) is 3.14. The van der Waals surface area contributed by atoms with Crippen LogP contribution in [0, 0.1) is 5.82 Å². The number of thioether (sulfide) groups is 1. The third-order valence-corrected chi connectivity index (χ3v) is 6.85. The van der Waals surface area contributed by atoms with Gasteiger partial charge >= 0.3 is 0 Å². The summed E-state index contributed by atoms with van der Waals surface area (Å²) in [6, 6.07) is 10.8. The van der Waals surface area contributed by atoms with E-state index in [-0.39, 0.29) is 17.1 Å². The molecule has 0 spiro atoms. The second-order valence-electron chi connectivity index (χ2n) is 8.49. The molecule has 1 aromatic heterocycles. The highest BCUT2D eigenvalue weighted by Crippen LogP contribution is 2.33. The van der Waals surface area contributed by atoms with Gasteiger partial charge in [0, 0.05) is 36.5 Å². The number of imide groups is 1. The first-order valence-electron chi connectivity index (χ1n) is 11.3. The lowest BCUT2D eigenvalue weighted by atomic mass is 10.0. The summed E-state index contributed by atoms with van der Waals surface area (Å²) in [6.07, 6.45) is 4.19. The molecule has 3 aromatic rings. The zero-order chi connectivity index (χ0) is 23.8. The third kappa shape index (κ3) is 4.41. The van der Waals surface area contributed by atoms with E-state index in [2.05, 4.69) is 10.3 Å². The number of hydrogen-bond donors (Lipinski definition) is 2. The van der Waals surface area contributed by atoms with Crippen molar-refractivity contribution in [3.05, 3.63) is 58.5 Å². The summed E-state index contributed by atoms with van der Waals surface area (Å²) in [4.78, 5) is 35.1. The minimum absolute atomic E-state index is 0.0497. The van der Waals surface area contributed by atoms with Crippen LogP contribution in [0.1, 0.15) is 31.2 Å². The van der Waals surface area contributed by atoms with Crippen LogP contribution in [0.15, 0.2) is 41.3 Å². The number of aromatic nitrogens is 2. The van der Waals surface area contributed by atoms with Crippen molar-refractivity contribution in [2.75, 3.05) is 18.0 Å². The van der Waals surface area contributed by atoms with Crippen LogP contribution in [0.3, 0.4) is 0 Å². The maximum Gasteiger partial charge on any atom is 0.290 e. The van der Waals surface area contributed by atoms with Gasteiger partial charge in [-0.1, -0.05) is 19.1 Å². The quantitative estimate of drug-likeness (QED) is 0.542. The van der Waals surface area contributed by atoms with Crippen LogP contribution in [-0.4, -0.2) is 40.2 Å². The number of rotatable bonds is 4. The molecule has 34 heavy (non-hydrogen) atoms. The molecule has 2 fully saturated rings. The van der Waals surface area contributed by atoms with Gasteiger partial charge in [0.1, 0.15) is 11.6 Å². The molecule has 5 rings (SSSR count). The van der Waals surface area contributed by atoms with Crippen LogP contribution in [0.5, 0.6) is 0 Å². The largest absolute Gasteiger partial charge is 0.368 e. The minimum Gasteiger partial charge on any atom is -0.368 e. The predicted octanol–water partition coefficient (Wildman–Crippen LogP) is 4.25. The molecule has 2 aliphatic rings. The first kappa shape index (κ1) is 22.5. The molecule has 0 bridgehead atoms. The highest BCUT2D eigenvalue weighted by molar-refractivity contribution is 8.18. The van der Waals surface area contributed by atoms with Gasteiger partial charge in [0.25, 0.3) is 11.1 Å². The lowest BCUT2D eigenvalue weighted by Crippen LogP contribution is -2.43. The molecule has 0 radical (unpaired) electrons. The van der Waals surface area contributed by atoms with Crippen molar-refractivity contribution < 1.29 is 14.0 Å². The topological polar surface area (TPSA) is 101 Å². The van der Waals surface area contributed by atoms with E-state index >= 15 is 4.39 Å². The number of halogens is 1. The Morgan fingerprint density at radius 3 is 2.79 bits per heavy atom. The van der Waals surface area contributed by atoms with Gasteiger partial charge in [-0.3, -0.25) is 14.9 Å². The number of carbonyl (C=O) groups excluding carboxylic acids is 2. The molecular formula is C25H24FN5O2S. The number of benzene rings is 2.